The van der Waals surface area contributed by atoms with Crippen molar-refractivity contribution in [2.24, 2.45) is 17.8 Å². The molecule has 2 aliphatic carbocycles. The lowest BCUT2D eigenvalue weighted by atomic mass is 9.74. The minimum Gasteiger partial charge on any atom is -0.496 e. The highest BCUT2D eigenvalue weighted by atomic mass is 19.1. The maximum Gasteiger partial charge on any atom is 0.123 e. The molecule has 4 rings (SSSR count). The second-order valence-electron chi connectivity index (χ2n) is 8.25. The Kier molecular flexibility index (Phi) is 4.16. The van der Waals surface area contributed by atoms with Gasteiger partial charge in [-0.2, -0.15) is 0 Å². The van der Waals surface area contributed by atoms with E-state index in [0.717, 1.165) is 55.0 Å². The molecule has 2 fully saturated rings. The number of benzene rings is 1. The average molecular weight is 329 g/mol. The molecule has 3 aliphatic rings. The van der Waals surface area contributed by atoms with Gasteiger partial charge in [0, 0.05) is 12.1 Å². The minimum absolute atomic E-state index is 0.0124. The van der Waals surface area contributed by atoms with Gasteiger partial charge in [0.2, 0.25) is 0 Å². The van der Waals surface area contributed by atoms with Gasteiger partial charge in [-0.3, -0.25) is 0 Å². The quantitative estimate of drug-likeness (QED) is 0.759. The van der Waals surface area contributed by atoms with Gasteiger partial charge < -0.3 is 9.64 Å². The van der Waals surface area contributed by atoms with E-state index >= 15 is 0 Å². The zero-order valence-corrected chi connectivity index (χ0v) is 14.8. The van der Waals surface area contributed by atoms with Crippen LogP contribution in [0.25, 0.3) is 0 Å². The smallest absolute Gasteiger partial charge is 0.123 e. The summed E-state index contributed by atoms with van der Waals surface area (Å²) in [5, 5.41) is 0. The van der Waals surface area contributed by atoms with Gasteiger partial charge >= 0.3 is 0 Å². The minimum atomic E-state index is -0.164. The number of allylic oxidation sites excluding steroid dienone is 2. The normalized spacial score (nSPS) is 31.5. The van der Waals surface area contributed by atoms with Crippen LogP contribution < -0.4 is 4.74 Å². The summed E-state index contributed by atoms with van der Waals surface area (Å²) in [6.45, 7) is 5.71. The third kappa shape index (κ3) is 2.88. The summed E-state index contributed by atoms with van der Waals surface area (Å²) in [4.78, 5) is 2.63. The Morgan fingerprint density at radius 3 is 2.62 bits per heavy atom. The Labute approximate surface area is 144 Å². The van der Waals surface area contributed by atoms with E-state index in [0.29, 0.717) is 0 Å². The average Bonchev–Trinajstić information content (AvgIpc) is 3.20. The summed E-state index contributed by atoms with van der Waals surface area (Å²) in [7, 11) is 1.68. The molecular weight excluding hydrogens is 301 g/mol. The highest BCUT2D eigenvalue weighted by Crippen LogP contribution is 2.45. The summed E-state index contributed by atoms with van der Waals surface area (Å²) in [5.41, 5.74) is 1.05. The fraction of sp³-hybridized carbons (Fsp3) is 0.619. The van der Waals surface area contributed by atoms with Crippen LogP contribution in [0.2, 0.25) is 0 Å². The van der Waals surface area contributed by atoms with Crippen LogP contribution in [0.1, 0.15) is 38.2 Å². The molecule has 1 saturated carbocycles. The topological polar surface area (TPSA) is 12.5 Å². The van der Waals surface area contributed by atoms with Gasteiger partial charge in [0.1, 0.15) is 11.6 Å². The van der Waals surface area contributed by atoms with Gasteiger partial charge in [-0.25, -0.2) is 4.39 Å². The number of halogens is 1. The Balaban J connectivity index is 1.42. The number of fused-ring (bicyclic) bond motifs is 2. The second kappa shape index (κ2) is 6.18. The molecule has 0 spiro atoms. The van der Waals surface area contributed by atoms with Crippen LogP contribution in [0.3, 0.4) is 0 Å². The van der Waals surface area contributed by atoms with Crippen molar-refractivity contribution >= 4 is 0 Å². The molecule has 1 aromatic rings. The lowest BCUT2D eigenvalue weighted by Gasteiger charge is -2.41. The fourth-order valence-electron chi connectivity index (χ4n) is 5.09. The Bertz CT molecular complexity index is 633. The van der Waals surface area contributed by atoms with E-state index in [9.17, 15) is 4.39 Å². The third-order valence-corrected chi connectivity index (χ3v) is 6.68. The highest BCUT2D eigenvalue weighted by molar-refractivity contribution is 5.40. The summed E-state index contributed by atoms with van der Waals surface area (Å²) in [6, 6.07) is 4.93. The lowest BCUT2D eigenvalue weighted by Crippen LogP contribution is -2.43. The molecule has 24 heavy (non-hydrogen) atoms. The molecule has 1 saturated heterocycles. The van der Waals surface area contributed by atoms with Crippen molar-refractivity contribution in [3.05, 3.63) is 41.7 Å². The van der Waals surface area contributed by atoms with E-state index in [1.165, 1.54) is 25.5 Å². The van der Waals surface area contributed by atoms with Gasteiger partial charge in [-0.05, 0) is 80.1 Å². The predicted molar refractivity (Wildman–Crippen MR) is 94.8 cm³/mol. The SMILES string of the molecule is COc1ccc(F)cc1C1(C)CCN(C[C@@H]2C[C@H]3C=C[C@H]2C3)CC1. The van der Waals surface area contributed by atoms with E-state index in [-0.39, 0.29) is 11.2 Å². The van der Waals surface area contributed by atoms with Crippen LogP contribution in [0.15, 0.2) is 30.4 Å². The number of ether oxygens (including phenoxy) is 1. The highest BCUT2D eigenvalue weighted by Gasteiger charge is 2.39. The summed E-state index contributed by atoms with van der Waals surface area (Å²) >= 11 is 0. The van der Waals surface area contributed by atoms with Crippen LogP contribution in [-0.4, -0.2) is 31.6 Å². The van der Waals surface area contributed by atoms with E-state index in [1.54, 1.807) is 19.2 Å². The molecule has 130 valence electrons. The zero-order chi connectivity index (χ0) is 16.7. The molecule has 0 radical (unpaired) electrons. The van der Waals surface area contributed by atoms with Gasteiger partial charge in [-0.1, -0.05) is 19.1 Å². The molecule has 3 atom stereocenters. The molecule has 0 amide bonds. The second-order valence-corrected chi connectivity index (χ2v) is 8.25. The maximum atomic E-state index is 13.8. The van der Waals surface area contributed by atoms with Gasteiger partial charge in [0.25, 0.3) is 0 Å². The van der Waals surface area contributed by atoms with Crippen LogP contribution in [0, 0.1) is 23.6 Å². The number of hydrogen-bond acceptors (Lipinski definition) is 2. The first kappa shape index (κ1) is 16.1. The van der Waals surface area contributed by atoms with Gasteiger partial charge in [-0.15, -0.1) is 0 Å². The molecule has 2 nitrogen and oxygen atoms in total. The van der Waals surface area contributed by atoms with E-state index in [2.05, 4.69) is 24.0 Å². The summed E-state index contributed by atoms with van der Waals surface area (Å²) in [6.07, 6.45) is 9.78. The molecule has 2 bridgehead atoms. The molecule has 1 aromatic carbocycles. The Morgan fingerprint density at radius 2 is 2.00 bits per heavy atom. The van der Waals surface area contributed by atoms with E-state index in [4.69, 9.17) is 4.74 Å². The number of methoxy groups -OCH3 is 1. The fourth-order valence-corrected chi connectivity index (χ4v) is 5.09. The number of piperidine rings is 1. The van der Waals surface area contributed by atoms with Gasteiger partial charge in [0.15, 0.2) is 0 Å². The zero-order valence-electron chi connectivity index (χ0n) is 14.8. The van der Waals surface area contributed by atoms with Crippen LogP contribution >= 0.6 is 0 Å². The molecule has 0 N–H and O–H groups in total. The van der Waals surface area contributed by atoms with Crippen molar-refractivity contribution < 1.29 is 9.13 Å². The Hall–Kier alpha value is -1.35. The van der Waals surface area contributed by atoms with Crippen molar-refractivity contribution in [1.29, 1.82) is 0 Å². The first-order valence-corrected chi connectivity index (χ1v) is 9.32. The van der Waals surface area contributed by atoms with Crippen LogP contribution in [-0.2, 0) is 5.41 Å². The number of rotatable bonds is 4. The largest absolute Gasteiger partial charge is 0.496 e. The number of hydrogen-bond donors (Lipinski definition) is 0. The Morgan fingerprint density at radius 1 is 1.21 bits per heavy atom. The van der Waals surface area contributed by atoms with Gasteiger partial charge in [0.05, 0.1) is 7.11 Å². The number of nitrogens with zero attached hydrogens (tertiary/aromatic N) is 1. The van der Waals surface area contributed by atoms with Crippen molar-refractivity contribution in [3.63, 3.8) is 0 Å². The molecule has 1 aliphatic heterocycles. The molecule has 3 heteroatoms. The molecule has 0 unspecified atom stereocenters. The van der Waals surface area contributed by atoms with Crippen molar-refractivity contribution in [2.75, 3.05) is 26.7 Å². The first-order chi connectivity index (χ1) is 11.6. The molecule has 1 heterocycles. The van der Waals surface area contributed by atoms with Crippen LogP contribution in [0.5, 0.6) is 5.75 Å². The van der Waals surface area contributed by atoms with E-state index in [1.807, 2.05) is 0 Å². The van der Waals surface area contributed by atoms with E-state index < -0.39 is 0 Å². The lowest BCUT2D eigenvalue weighted by molar-refractivity contribution is 0.138. The number of likely N-dealkylation sites (tertiary alicyclic amines) is 1. The molecule has 0 aromatic heterocycles. The maximum absolute atomic E-state index is 13.8. The summed E-state index contributed by atoms with van der Waals surface area (Å²) in [5.74, 6) is 3.19. The van der Waals surface area contributed by atoms with Crippen molar-refractivity contribution in [2.45, 2.75) is 38.0 Å². The summed E-state index contributed by atoms with van der Waals surface area (Å²) < 4.78 is 19.3. The monoisotopic (exact) mass is 329 g/mol. The van der Waals surface area contributed by atoms with Crippen LogP contribution in [0.4, 0.5) is 4.39 Å². The first-order valence-electron chi connectivity index (χ1n) is 9.32. The van der Waals surface area contributed by atoms with Crippen molar-refractivity contribution in [3.8, 4) is 5.75 Å². The standard InChI is InChI=1S/C21H28FNO/c1-21(19-13-18(22)5-6-20(19)24-2)7-9-23(10-8-21)14-17-12-15-3-4-16(17)11-15/h3-6,13,15-17H,7-12,14H2,1-2H3/t15-,16-,17-/m0/s1. The predicted octanol–water partition coefficient (Wildman–Crippen LogP) is 4.40. The third-order valence-electron chi connectivity index (χ3n) is 6.68. The van der Waals surface area contributed by atoms with Crippen molar-refractivity contribution in [1.82, 2.24) is 4.90 Å². The molecular formula is C21H28FNO.